The fraction of sp³-hybridized carbons (Fsp3) is 0.929. The fourth-order valence-electron chi connectivity index (χ4n) is 2.74. The summed E-state index contributed by atoms with van der Waals surface area (Å²) in [5.74, 6) is 0.460. The minimum atomic E-state index is -0.855. The van der Waals surface area contributed by atoms with Crippen molar-refractivity contribution in [3.8, 4) is 0 Å². The third-order valence-corrected chi connectivity index (χ3v) is 4.09. The quantitative estimate of drug-likeness (QED) is 0.724. The molecule has 1 amide bonds. The van der Waals surface area contributed by atoms with E-state index in [0.29, 0.717) is 6.42 Å². The molecule has 1 fully saturated rings. The van der Waals surface area contributed by atoms with E-state index in [4.69, 9.17) is 11.5 Å². The second-order valence-electron chi connectivity index (χ2n) is 6.15. The SMILES string of the molecule is CN(CCCC(C)(N)C(N)=O)CC1CCCCC1. The lowest BCUT2D eigenvalue weighted by molar-refractivity contribution is -0.122. The fourth-order valence-corrected chi connectivity index (χ4v) is 2.74. The monoisotopic (exact) mass is 255 g/mol. The average Bonchev–Trinajstić information content (AvgIpc) is 2.29. The zero-order valence-electron chi connectivity index (χ0n) is 12.0. The summed E-state index contributed by atoms with van der Waals surface area (Å²) in [5.41, 5.74) is 10.2. The molecule has 0 aromatic heterocycles. The van der Waals surface area contributed by atoms with Crippen molar-refractivity contribution in [3.05, 3.63) is 0 Å². The molecule has 0 bridgehead atoms. The number of hydrogen-bond acceptors (Lipinski definition) is 3. The molecule has 1 atom stereocenters. The van der Waals surface area contributed by atoms with Gasteiger partial charge in [0.25, 0.3) is 0 Å². The van der Waals surface area contributed by atoms with Crippen LogP contribution in [0, 0.1) is 5.92 Å². The van der Waals surface area contributed by atoms with Gasteiger partial charge in [0.1, 0.15) is 0 Å². The summed E-state index contributed by atoms with van der Waals surface area (Å²) in [6.07, 6.45) is 8.53. The van der Waals surface area contributed by atoms with Crippen LogP contribution in [0.15, 0.2) is 0 Å². The topological polar surface area (TPSA) is 72.3 Å². The van der Waals surface area contributed by atoms with Crippen molar-refractivity contribution < 1.29 is 4.79 Å². The number of rotatable bonds is 7. The van der Waals surface area contributed by atoms with Gasteiger partial charge in [-0.05, 0) is 52.1 Å². The minimum Gasteiger partial charge on any atom is -0.368 e. The molecule has 106 valence electrons. The van der Waals surface area contributed by atoms with Gasteiger partial charge in [-0.1, -0.05) is 19.3 Å². The zero-order chi connectivity index (χ0) is 13.6. The van der Waals surface area contributed by atoms with Crippen LogP contribution in [0.3, 0.4) is 0 Å². The first kappa shape index (κ1) is 15.4. The first-order chi connectivity index (χ1) is 8.42. The minimum absolute atomic E-state index is 0.405. The van der Waals surface area contributed by atoms with Gasteiger partial charge in [-0.2, -0.15) is 0 Å². The van der Waals surface area contributed by atoms with Crippen molar-refractivity contribution in [2.75, 3.05) is 20.1 Å². The van der Waals surface area contributed by atoms with Gasteiger partial charge in [-0.25, -0.2) is 0 Å². The van der Waals surface area contributed by atoms with Crippen LogP contribution in [-0.4, -0.2) is 36.5 Å². The highest BCUT2D eigenvalue weighted by Gasteiger charge is 2.25. The predicted octanol–water partition coefficient (Wildman–Crippen LogP) is 1.48. The number of hydrogen-bond donors (Lipinski definition) is 2. The van der Waals surface area contributed by atoms with E-state index in [9.17, 15) is 4.79 Å². The van der Waals surface area contributed by atoms with Gasteiger partial charge in [0.05, 0.1) is 5.54 Å². The van der Waals surface area contributed by atoms with E-state index in [1.165, 1.54) is 38.6 Å². The van der Waals surface area contributed by atoms with E-state index in [2.05, 4.69) is 11.9 Å². The molecule has 0 heterocycles. The van der Waals surface area contributed by atoms with Crippen molar-refractivity contribution in [3.63, 3.8) is 0 Å². The van der Waals surface area contributed by atoms with Crippen LogP contribution in [0.4, 0.5) is 0 Å². The highest BCUT2D eigenvalue weighted by Crippen LogP contribution is 2.24. The molecule has 1 saturated carbocycles. The van der Waals surface area contributed by atoms with Gasteiger partial charge >= 0.3 is 0 Å². The Kier molecular flexibility index (Phi) is 6.09. The maximum Gasteiger partial charge on any atom is 0.237 e. The van der Waals surface area contributed by atoms with E-state index in [1.54, 1.807) is 6.92 Å². The van der Waals surface area contributed by atoms with Gasteiger partial charge in [-0.3, -0.25) is 4.79 Å². The van der Waals surface area contributed by atoms with Crippen LogP contribution >= 0.6 is 0 Å². The number of nitrogens with two attached hydrogens (primary N) is 2. The molecule has 0 spiro atoms. The van der Waals surface area contributed by atoms with Crippen molar-refractivity contribution in [1.29, 1.82) is 0 Å². The Morgan fingerprint density at radius 2 is 1.94 bits per heavy atom. The molecule has 18 heavy (non-hydrogen) atoms. The van der Waals surface area contributed by atoms with Crippen LogP contribution in [0.5, 0.6) is 0 Å². The summed E-state index contributed by atoms with van der Waals surface area (Å²) in [7, 11) is 2.16. The average molecular weight is 255 g/mol. The van der Waals surface area contributed by atoms with Gasteiger partial charge < -0.3 is 16.4 Å². The summed E-state index contributed by atoms with van der Waals surface area (Å²) in [6.45, 7) is 3.89. The number of carbonyl (C=O) groups is 1. The second-order valence-corrected chi connectivity index (χ2v) is 6.15. The van der Waals surface area contributed by atoms with Crippen molar-refractivity contribution >= 4 is 5.91 Å². The molecule has 4 nitrogen and oxygen atoms in total. The maximum atomic E-state index is 11.1. The van der Waals surface area contributed by atoms with Crippen LogP contribution in [-0.2, 0) is 4.79 Å². The number of nitrogens with zero attached hydrogens (tertiary/aromatic N) is 1. The zero-order valence-corrected chi connectivity index (χ0v) is 12.0. The first-order valence-electron chi connectivity index (χ1n) is 7.19. The predicted molar refractivity (Wildman–Crippen MR) is 75.1 cm³/mol. The van der Waals surface area contributed by atoms with Gasteiger partial charge in [-0.15, -0.1) is 0 Å². The summed E-state index contributed by atoms with van der Waals surface area (Å²) in [4.78, 5) is 13.5. The largest absolute Gasteiger partial charge is 0.368 e. The Hall–Kier alpha value is -0.610. The third-order valence-electron chi connectivity index (χ3n) is 4.09. The Bertz CT molecular complexity index is 260. The van der Waals surface area contributed by atoms with E-state index >= 15 is 0 Å². The molecule has 1 unspecified atom stereocenters. The Morgan fingerprint density at radius 3 is 2.50 bits per heavy atom. The van der Waals surface area contributed by atoms with Crippen LogP contribution in [0.1, 0.15) is 51.9 Å². The molecular formula is C14H29N3O. The molecule has 4 heteroatoms. The lowest BCUT2D eigenvalue weighted by Gasteiger charge is -2.28. The number of carbonyl (C=O) groups excluding carboxylic acids is 1. The lowest BCUT2D eigenvalue weighted by atomic mass is 9.89. The normalized spacial score (nSPS) is 20.9. The van der Waals surface area contributed by atoms with E-state index in [0.717, 1.165) is 18.9 Å². The number of amides is 1. The molecule has 0 aliphatic heterocycles. The highest BCUT2D eigenvalue weighted by atomic mass is 16.1. The molecule has 1 aliphatic carbocycles. The maximum absolute atomic E-state index is 11.1. The summed E-state index contributed by atoms with van der Waals surface area (Å²) in [5, 5.41) is 0. The standard InChI is InChI=1S/C14H29N3O/c1-14(16,13(15)18)9-6-10-17(2)11-12-7-4-3-5-8-12/h12H,3-11,16H2,1-2H3,(H2,15,18). The first-order valence-corrected chi connectivity index (χ1v) is 7.19. The Balaban J connectivity index is 2.16. The summed E-state index contributed by atoms with van der Waals surface area (Å²) >= 11 is 0. The van der Waals surface area contributed by atoms with Crippen molar-refractivity contribution in [2.24, 2.45) is 17.4 Å². The summed E-state index contributed by atoms with van der Waals surface area (Å²) < 4.78 is 0. The van der Waals surface area contributed by atoms with Crippen molar-refractivity contribution in [2.45, 2.75) is 57.4 Å². The number of primary amides is 1. The van der Waals surface area contributed by atoms with Gasteiger partial charge in [0.15, 0.2) is 0 Å². The highest BCUT2D eigenvalue weighted by molar-refractivity contribution is 5.83. The molecule has 1 rings (SSSR count). The molecule has 0 aromatic rings. The molecule has 1 aliphatic rings. The Labute approximate surface area is 111 Å². The molecule has 0 saturated heterocycles. The third kappa shape index (κ3) is 5.36. The lowest BCUT2D eigenvalue weighted by Crippen LogP contribution is -2.49. The molecule has 4 N–H and O–H groups in total. The molecule has 0 aromatic carbocycles. The molecule has 0 radical (unpaired) electrons. The van der Waals surface area contributed by atoms with Gasteiger partial charge in [0.2, 0.25) is 5.91 Å². The Morgan fingerprint density at radius 1 is 1.33 bits per heavy atom. The van der Waals surface area contributed by atoms with Crippen LogP contribution in [0.2, 0.25) is 0 Å². The van der Waals surface area contributed by atoms with Crippen molar-refractivity contribution in [1.82, 2.24) is 4.90 Å². The van der Waals surface area contributed by atoms with E-state index in [-0.39, 0.29) is 0 Å². The van der Waals surface area contributed by atoms with Crippen LogP contribution < -0.4 is 11.5 Å². The molecular weight excluding hydrogens is 226 g/mol. The van der Waals surface area contributed by atoms with Gasteiger partial charge in [0, 0.05) is 6.54 Å². The summed E-state index contributed by atoms with van der Waals surface area (Å²) in [6, 6.07) is 0. The second kappa shape index (κ2) is 7.10. The van der Waals surface area contributed by atoms with E-state index < -0.39 is 11.4 Å². The van der Waals surface area contributed by atoms with E-state index in [1.807, 2.05) is 0 Å². The smallest absolute Gasteiger partial charge is 0.237 e. The van der Waals surface area contributed by atoms with Crippen LogP contribution in [0.25, 0.3) is 0 Å².